The first-order valence-corrected chi connectivity index (χ1v) is 9.94. The fraction of sp³-hybridized carbons (Fsp3) is 0.364. The number of rotatable bonds is 3. The average molecular weight is 414 g/mol. The van der Waals surface area contributed by atoms with Crippen molar-refractivity contribution in [2.75, 3.05) is 33.0 Å². The summed E-state index contributed by atoms with van der Waals surface area (Å²) in [6.45, 7) is 1.81. The van der Waals surface area contributed by atoms with Gasteiger partial charge < -0.3 is 19.3 Å². The molecular formula is C22H20F2N2O4. The third kappa shape index (κ3) is 3.36. The first-order chi connectivity index (χ1) is 14.5. The first-order valence-electron chi connectivity index (χ1n) is 9.94. The first kappa shape index (κ1) is 18.8. The zero-order valence-corrected chi connectivity index (χ0v) is 16.1. The zero-order valence-electron chi connectivity index (χ0n) is 16.1. The minimum atomic E-state index is -1.04. The van der Waals surface area contributed by atoms with E-state index in [0.29, 0.717) is 26.2 Å². The normalized spacial score (nSPS) is 22.2. The van der Waals surface area contributed by atoms with Crippen LogP contribution < -0.4 is 9.47 Å². The molecule has 2 atom stereocenters. The number of benzene rings is 2. The second-order valence-corrected chi connectivity index (χ2v) is 7.81. The molecule has 2 aliphatic heterocycles. The lowest BCUT2D eigenvalue weighted by Gasteiger charge is -2.35. The summed E-state index contributed by atoms with van der Waals surface area (Å²) in [5.41, 5.74) is 1.18. The predicted octanol–water partition coefficient (Wildman–Crippen LogP) is 2.78. The maximum Gasteiger partial charge on any atom is 0.254 e. The lowest BCUT2D eigenvalue weighted by Crippen LogP contribution is -2.51. The van der Waals surface area contributed by atoms with Crippen LogP contribution in [0.15, 0.2) is 36.4 Å². The lowest BCUT2D eigenvalue weighted by atomic mass is 10.1. The van der Waals surface area contributed by atoms with Gasteiger partial charge in [0.2, 0.25) is 12.7 Å². The van der Waals surface area contributed by atoms with E-state index in [1.165, 1.54) is 6.07 Å². The molecule has 8 heteroatoms. The van der Waals surface area contributed by atoms with E-state index in [1.54, 1.807) is 9.80 Å². The second-order valence-electron chi connectivity index (χ2n) is 7.81. The second kappa shape index (κ2) is 7.27. The molecule has 0 aromatic heterocycles. The summed E-state index contributed by atoms with van der Waals surface area (Å²) < 4.78 is 37.2. The average Bonchev–Trinajstić information content (AvgIpc) is 3.43. The summed E-state index contributed by atoms with van der Waals surface area (Å²) in [6, 6.07) is 8.93. The van der Waals surface area contributed by atoms with Gasteiger partial charge in [-0.15, -0.1) is 0 Å². The minimum Gasteiger partial charge on any atom is -0.454 e. The molecule has 1 saturated carbocycles. The Morgan fingerprint density at radius 3 is 2.37 bits per heavy atom. The third-order valence-corrected chi connectivity index (χ3v) is 5.98. The van der Waals surface area contributed by atoms with Crippen LogP contribution in [0.1, 0.15) is 28.3 Å². The van der Waals surface area contributed by atoms with Crippen molar-refractivity contribution in [2.45, 2.75) is 12.3 Å². The number of nitrogens with zero attached hydrogens (tertiary/aromatic N) is 2. The summed E-state index contributed by atoms with van der Waals surface area (Å²) in [6.07, 6.45) is 0.798. The van der Waals surface area contributed by atoms with Crippen molar-refractivity contribution in [1.29, 1.82) is 0 Å². The van der Waals surface area contributed by atoms with Crippen molar-refractivity contribution in [2.24, 2.45) is 5.92 Å². The van der Waals surface area contributed by atoms with Crippen LogP contribution >= 0.6 is 0 Å². The molecule has 2 heterocycles. The van der Waals surface area contributed by atoms with Gasteiger partial charge >= 0.3 is 0 Å². The standard InChI is InChI=1S/C22H20F2N2O4/c23-17-3-1-14(9-18(17)24)21(27)25-5-7-26(8-6-25)22(28)16-11-15(16)13-2-4-19-20(10-13)30-12-29-19/h1-4,9-10,15-16H,5-8,11-12H2. The largest absolute Gasteiger partial charge is 0.454 e. The van der Waals surface area contributed by atoms with Crippen LogP contribution in [0.4, 0.5) is 8.78 Å². The number of carbonyl (C=O) groups excluding carboxylic acids is 2. The molecule has 2 fully saturated rings. The zero-order chi connectivity index (χ0) is 20.8. The lowest BCUT2D eigenvalue weighted by molar-refractivity contribution is -0.134. The number of carbonyl (C=O) groups is 2. The maximum atomic E-state index is 13.4. The number of ether oxygens (including phenoxy) is 2. The van der Waals surface area contributed by atoms with Crippen LogP contribution in [-0.2, 0) is 4.79 Å². The van der Waals surface area contributed by atoms with E-state index in [4.69, 9.17) is 9.47 Å². The third-order valence-electron chi connectivity index (χ3n) is 5.98. The van der Waals surface area contributed by atoms with Crippen molar-refractivity contribution in [3.05, 3.63) is 59.2 Å². The monoisotopic (exact) mass is 414 g/mol. The molecule has 2 aromatic rings. The number of amides is 2. The molecule has 0 spiro atoms. The molecule has 3 aliphatic rings. The molecule has 30 heavy (non-hydrogen) atoms. The highest BCUT2D eigenvalue weighted by atomic mass is 19.2. The number of piperazine rings is 1. The van der Waals surface area contributed by atoms with Crippen LogP contribution in [0.2, 0.25) is 0 Å². The van der Waals surface area contributed by atoms with E-state index >= 15 is 0 Å². The van der Waals surface area contributed by atoms with Gasteiger partial charge in [0.15, 0.2) is 23.1 Å². The summed E-state index contributed by atoms with van der Waals surface area (Å²) in [7, 11) is 0. The van der Waals surface area contributed by atoms with Gasteiger partial charge in [0.1, 0.15) is 0 Å². The van der Waals surface area contributed by atoms with E-state index in [1.807, 2.05) is 18.2 Å². The number of hydrogen-bond donors (Lipinski definition) is 0. The van der Waals surface area contributed by atoms with Crippen molar-refractivity contribution < 1.29 is 27.8 Å². The van der Waals surface area contributed by atoms with Crippen LogP contribution in [0, 0.1) is 17.6 Å². The predicted molar refractivity (Wildman–Crippen MR) is 102 cm³/mol. The van der Waals surface area contributed by atoms with Gasteiger partial charge in [-0.05, 0) is 48.2 Å². The van der Waals surface area contributed by atoms with E-state index in [2.05, 4.69) is 0 Å². The van der Waals surface area contributed by atoms with Crippen molar-refractivity contribution >= 4 is 11.8 Å². The minimum absolute atomic E-state index is 0.0567. The molecule has 2 unspecified atom stereocenters. The van der Waals surface area contributed by atoms with Crippen molar-refractivity contribution in [3.8, 4) is 11.5 Å². The van der Waals surface area contributed by atoms with Gasteiger partial charge in [0.25, 0.3) is 5.91 Å². The van der Waals surface area contributed by atoms with Gasteiger partial charge in [0.05, 0.1) is 0 Å². The molecule has 6 nitrogen and oxygen atoms in total. The molecular weight excluding hydrogens is 394 g/mol. The highest BCUT2D eigenvalue weighted by Gasteiger charge is 2.46. The molecule has 0 bridgehead atoms. The smallest absolute Gasteiger partial charge is 0.254 e. The molecule has 5 rings (SSSR count). The fourth-order valence-electron chi connectivity index (χ4n) is 4.16. The molecule has 2 aromatic carbocycles. The van der Waals surface area contributed by atoms with Crippen molar-refractivity contribution in [3.63, 3.8) is 0 Å². The molecule has 1 saturated heterocycles. The van der Waals surface area contributed by atoms with Gasteiger partial charge in [-0.1, -0.05) is 6.07 Å². The van der Waals surface area contributed by atoms with Crippen molar-refractivity contribution in [1.82, 2.24) is 9.80 Å². The Bertz CT molecular complexity index is 1020. The topological polar surface area (TPSA) is 59.1 Å². The fourth-order valence-corrected chi connectivity index (χ4v) is 4.16. The van der Waals surface area contributed by atoms with Gasteiger partial charge in [-0.3, -0.25) is 9.59 Å². The SMILES string of the molecule is O=C(c1ccc(F)c(F)c1)N1CCN(C(=O)C2CC2c2ccc3c(c2)OCO3)CC1. The quantitative estimate of drug-likeness (QED) is 0.775. The van der Waals surface area contributed by atoms with E-state index in [9.17, 15) is 18.4 Å². The maximum absolute atomic E-state index is 13.4. The Hall–Kier alpha value is -3.16. The van der Waals surface area contributed by atoms with Crippen LogP contribution in [0.5, 0.6) is 11.5 Å². The molecule has 156 valence electrons. The molecule has 1 aliphatic carbocycles. The van der Waals surface area contributed by atoms with Crippen LogP contribution in [0.3, 0.4) is 0 Å². The summed E-state index contributed by atoms with van der Waals surface area (Å²) in [5, 5.41) is 0. The number of hydrogen-bond acceptors (Lipinski definition) is 4. The van der Waals surface area contributed by atoms with E-state index in [0.717, 1.165) is 35.6 Å². The Balaban J connectivity index is 1.17. The molecule has 0 N–H and O–H groups in total. The van der Waals surface area contributed by atoms with Gasteiger partial charge in [-0.25, -0.2) is 8.78 Å². The highest BCUT2D eigenvalue weighted by Crippen LogP contribution is 2.50. The molecule has 0 radical (unpaired) electrons. The Labute approximate surface area is 172 Å². The summed E-state index contributed by atoms with van der Waals surface area (Å²) in [4.78, 5) is 28.8. The summed E-state index contributed by atoms with van der Waals surface area (Å²) >= 11 is 0. The Morgan fingerprint density at radius 1 is 0.867 bits per heavy atom. The van der Waals surface area contributed by atoms with E-state index in [-0.39, 0.29) is 36.0 Å². The van der Waals surface area contributed by atoms with Crippen LogP contribution in [0.25, 0.3) is 0 Å². The molecule has 2 amide bonds. The van der Waals surface area contributed by atoms with Crippen LogP contribution in [-0.4, -0.2) is 54.6 Å². The van der Waals surface area contributed by atoms with E-state index < -0.39 is 11.6 Å². The Morgan fingerprint density at radius 2 is 1.60 bits per heavy atom. The highest BCUT2D eigenvalue weighted by molar-refractivity contribution is 5.94. The van der Waals surface area contributed by atoms with Gasteiger partial charge in [0, 0.05) is 37.7 Å². The Kier molecular flexibility index (Phi) is 4.56. The van der Waals surface area contributed by atoms with Gasteiger partial charge in [-0.2, -0.15) is 0 Å². The number of fused-ring (bicyclic) bond motifs is 1. The number of halogens is 2. The summed E-state index contributed by atoms with van der Waals surface area (Å²) in [5.74, 6) is -0.726.